The highest BCUT2D eigenvalue weighted by Crippen LogP contribution is 2.21. The summed E-state index contributed by atoms with van der Waals surface area (Å²) in [5, 5.41) is 9.50. The smallest absolute Gasteiger partial charge is 0.368 e. The zero-order chi connectivity index (χ0) is 15.7. The Morgan fingerprint density at radius 1 is 1.48 bits per heavy atom. The van der Waals surface area contributed by atoms with E-state index < -0.39 is 0 Å². The van der Waals surface area contributed by atoms with Crippen LogP contribution in [0.4, 0.5) is 0 Å². The second-order valence-electron chi connectivity index (χ2n) is 3.95. The molecule has 0 fully saturated rings. The summed E-state index contributed by atoms with van der Waals surface area (Å²) in [4.78, 5) is 20.0. The third-order valence-electron chi connectivity index (χ3n) is 2.64. The van der Waals surface area contributed by atoms with E-state index >= 15 is 0 Å². The van der Waals surface area contributed by atoms with Crippen LogP contribution in [-0.4, -0.2) is 29.8 Å². The van der Waals surface area contributed by atoms with Crippen LogP contribution in [0.15, 0.2) is 28.7 Å². The van der Waals surface area contributed by atoms with Gasteiger partial charge in [-0.3, -0.25) is 4.98 Å². The molecule has 3 heterocycles. The molecule has 0 amide bonds. The van der Waals surface area contributed by atoms with Crippen LogP contribution in [0.25, 0.3) is 5.69 Å². The minimum Gasteiger partial charge on any atom is -0.465 e. The predicted molar refractivity (Wildman–Crippen MR) is 83.6 cm³/mol. The molecule has 0 saturated heterocycles. The Hall–Kier alpha value is -1.82. The first-order chi connectivity index (χ1) is 10.6. The van der Waals surface area contributed by atoms with Crippen LogP contribution in [0, 0.1) is 3.57 Å². The number of halogens is 1. The van der Waals surface area contributed by atoms with E-state index in [2.05, 4.69) is 43.0 Å². The molecule has 3 aromatic heterocycles. The monoisotopic (exact) mass is 418 g/mol. The van der Waals surface area contributed by atoms with Crippen molar-refractivity contribution < 1.29 is 6.11 Å². The minimum absolute atomic E-state index is 0.162. The molecule has 0 aliphatic heterocycles. The molecule has 0 radical (unpaired) electrons. The molecule has 21 heavy (non-hydrogen) atoms. The number of rotatable bonds is 4. The Bertz CT molecular complexity index is 876. The average molecular weight is 418 g/mol. The SMILES string of the molecule is [3H]c1csc(OCc2c(I)cncc2-n2nnn(C)c2=O)n1. The molecule has 0 unspecified atom stereocenters. The summed E-state index contributed by atoms with van der Waals surface area (Å²) in [5.74, 6) is 0. The van der Waals surface area contributed by atoms with Gasteiger partial charge in [0, 0.05) is 33.9 Å². The first-order valence-electron chi connectivity index (χ1n) is 6.23. The van der Waals surface area contributed by atoms with Gasteiger partial charge in [0.25, 0.3) is 5.19 Å². The molecule has 10 heteroatoms. The Morgan fingerprint density at radius 3 is 3.00 bits per heavy atom. The Morgan fingerprint density at radius 2 is 2.33 bits per heavy atom. The van der Waals surface area contributed by atoms with E-state index in [1.54, 1.807) is 11.6 Å². The van der Waals surface area contributed by atoms with E-state index in [0.717, 1.165) is 13.8 Å². The summed E-state index contributed by atoms with van der Waals surface area (Å²) in [6.07, 6.45) is 3.37. The molecule has 108 valence electrons. The minimum atomic E-state index is -0.368. The number of tetrazole rings is 1. The number of aryl methyl sites for hydroxylation is 1. The molecule has 8 nitrogen and oxygen atoms in total. The van der Waals surface area contributed by atoms with Crippen molar-refractivity contribution in [2.24, 2.45) is 7.05 Å². The molecule has 0 aromatic carbocycles. The molecule has 0 aliphatic rings. The molecule has 0 aliphatic carbocycles. The lowest BCUT2D eigenvalue weighted by Gasteiger charge is -2.09. The fourth-order valence-corrected chi connectivity index (χ4v) is 2.66. The Labute approximate surface area is 137 Å². The predicted octanol–water partition coefficient (Wildman–Crippen LogP) is 1.00. The van der Waals surface area contributed by atoms with Crippen LogP contribution < -0.4 is 10.4 Å². The van der Waals surface area contributed by atoms with Crippen LogP contribution in [0.5, 0.6) is 5.19 Å². The van der Waals surface area contributed by atoms with Gasteiger partial charge < -0.3 is 4.74 Å². The lowest BCUT2D eigenvalue weighted by atomic mass is 10.2. The van der Waals surface area contributed by atoms with Gasteiger partial charge in [-0.15, -0.1) is 0 Å². The number of hydrogen-bond acceptors (Lipinski definition) is 7. The van der Waals surface area contributed by atoms with Crippen LogP contribution in [0.2, 0.25) is 0 Å². The van der Waals surface area contributed by atoms with Crippen molar-refractivity contribution >= 4 is 33.9 Å². The van der Waals surface area contributed by atoms with Gasteiger partial charge in [0.15, 0.2) is 0 Å². The zero-order valence-corrected chi connectivity index (χ0v) is 13.7. The van der Waals surface area contributed by atoms with Crippen molar-refractivity contribution in [2.75, 3.05) is 0 Å². The maximum Gasteiger partial charge on any atom is 0.368 e. The first-order valence-corrected chi connectivity index (χ1v) is 7.69. The van der Waals surface area contributed by atoms with E-state index in [-0.39, 0.29) is 18.5 Å². The molecular weight excluding hydrogens is 407 g/mol. The van der Waals surface area contributed by atoms with Gasteiger partial charge in [-0.05, 0) is 33.0 Å². The lowest BCUT2D eigenvalue weighted by molar-refractivity contribution is 0.303. The number of hydrogen-bond donors (Lipinski definition) is 0. The molecule has 3 rings (SSSR count). The van der Waals surface area contributed by atoms with Gasteiger partial charge in [-0.1, -0.05) is 11.3 Å². The molecule has 0 atom stereocenters. The number of thiazole rings is 1. The van der Waals surface area contributed by atoms with Gasteiger partial charge in [0.05, 0.1) is 13.3 Å². The third-order valence-corrected chi connectivity index (χ3v) is 4.20. The second kappa shape index (κ2) is 5.89. The molecule has 0 saturated carbocycles. The topological polar surface area (TPSA) is 87.7 Å². The van der Waals surface area contributed by atoms with Crippen LogP contribution >= 0.6 is 33.9 Å². The largest absolute Gasteiger partial charge is 0.465 e. The van der Waals surface area contributed by atoms with Crippen molar-refractivity contribution in [1.82, 2.24) is 29.8 Å². The van der Waals surface area contributed by atoms with Gasteiger partial charge in [-0.25, -0.2) is 9.78 Å². The van der Waals surface area contributed by atoms with Gasteiger partial charge >= 0.3 is 5.69 Å². The fraction of sp³-hybridized carbons (Fsp3) is 0.182. The maximum atomic E-state index is 12.0. The van der Waals surface area contributed by atoms with Crippen molar-refractivity contribution in [3.05, 3.63) is 43.6 Å². The van der Waals surface area contributed by atoms with Crippen molar-refractivity contribution in [3.63, 3.8) is 0 Å². The van der Waals surface area contributed by atoms with E-state index in [9.17, 15) is 4.79 Å². The lowest BCUT2D eigenvalue weighted by Crippen LogP contribution is -2.23. The standard InChI is InChI=1S/C11H9IN6O2S/c1-17-11(19)18(16-15-17)9-5-13-4-8(12)7(9)6-20-10-14-2-3-21-10/h2-5H,6H2,1H3/i2T. The molecule has 3 aromatic rings. The van der Waals surface area contributed by atoms with Crippen molar-refractivity contribution in [2.45, 2.75) is 6.61 Å². The maximum absolute atomic E-state index is 12.0. The number of pyridine rings is 1. The van der Waals surface area contributed by atoms with E-state index in [4.69, 9.17) is 6.11 Å². The molecule has 0 spiro atoms. The van der Waals surface area contributed by atoms with E-state index in [0.29, 0.717) is 10.9 Å². The van der Waals surface area contributed by atoms with Crippen LogP contribution in [-0.2, 0) is 13.7 Å². The Balaban J connectivity index is 1.96. The third kappa shape index (κ3) is 2.81. The van der Waals surface area contributed by atoms with Crippen LogP contribution in [0.1, 0.15) is 6.93 Å². The summed E-state index contributed by atoms with van der Waals surface area (Å²) in [7, 11) is 1.52. The van der Waals surface area contributed by atoms with Gasteiger partial charge in [0.1, 0.15) is 6.61 Å². The number of aromatic nitrogens is 6. The fourth-order valence-electron chi connectivity index (χ4n) is 1.62. The summed E-state index contributed by atoms with van der Waals surface area (Å²) >= 11 is 3.36. The highest BCUT2D eigenvalue weighted by molar-refractivity contribution is 14.1. The molecule has 0 bridgehead atoms. The second-order valence-corrected chi connectivity index (χ2v) is 5.93. The highest BCUT2D eigenvalue weighted by Gasteiger charge is 2.15. The van der Waals surface area contributed by atoms with E-state index in [1.165, 1.54) is 29.3 Å². The van der Waals surface area contributed by atoms with Crippen molar-refractivity contribution in [3.8, 4) is 10.9 Å². The summed E-state index contributed by atoms with van der Waals surface area (Å²) < 4.78 is 16.1. The van der Waals surface area contributed by atoms with Gasteiger partial charge in [0.2, 0.25) is 0 Å². The molecular formula is C11H9IN6O2S. The Kier molecular flexibility index (Phi) is 3.61. The number of ether oxygens (including phenoxy) is 1. The highest BCUT2D eigenvalue weighted by atomic mass is 127. The van der Waals surface area contributed by atoms with Gasteiger partial charge in [-0.2, -0.15) is 9.36 Å². The summed E-state index contributed by atoms with van der Waals surface area (Å²) in [5.41, 5.74) is 0.889. The number of nitrogens with zero attached hydrogens (tertiary/aromatic N) is 6. The average Bonchev–Trinajstić information content (AvgIpc) is 3.05. The summed E-state index contributed by atoms with van der Waals surface area (Å²) in [6, 6.07) is 0. The normalized spacial score (nSPS) is 11.4. The van der Waals surface area contributed by atoms with Crippen LogP contribution in [0.3, 0.4) is 0 Å². The summed E-state index contributed by atoms with van der Waals surface area (Å²) in [6.45, 7) is 0.187. The first kappa shape index (κ1) is 12.9. The molecule has 0 N–H and O–H groups in total. The van der Waals surface area contributed by atoms with Crippen molar-refractivity contribution in [1.29, 1.82) is 0 Å². The van der Waals surface area contributed by atoms with E-state index in [1.807, 2.05) is 0 Å². The zero-order valence-electron chi connectivity index (χ0n) is 11.7. The quantitative estimate of drug-likeness (QED) is 0.588.